The first kappa shape index (κ1) is 15.0. The first-order valence-corrected chi connectivity index (χ1v) is 8.26. The molecule has 5 nitrogen and oxygen atoms in total. The Morgan fingerprint density at radius 1 is 1.40 bits per heavy atom. The number of hydrogen-bond acceptors (Lipinski definition) is 4. The van der Waals surface area contributed by atoms with Crippen LogP contribution in [0.15, 0.2) is 34.9 Å². The quantitative estimate of drug-likeness (QED) is 0.862. The number of sulfonamides is 1. The number of anilines is 1. The molecular weight excluding hydrogens is 274 g/mol. The zero-order valence-corrected chi connectivity index (χ0v) is 12.9. The molecule has 2 rings (SSSR count). The molecule has 0 amide bonds. The number of aromatic nitrogens is 1. The lowest BCUT2D eigenvalue weighted by Crippen LogP contribution is -2.35. The molecule has 1 aliphatic rings. The van der Waals surface area contributed by atoms with E-state index in [-0.39, 0.29) is 10.9 Å². The lowest BCUT2D eigenvalue weighted by atomic mass is 10.1. The first-order chi connectivity index (χ1) is 9.40. The van der Waals surface area contributed by atoms with Gasteiger partial charge in [0, 0.05) is 25.3 Å². The molecule has 2 heterocycles. The van der Waals surface area contributed by atoms with Crippen molar-refractivity contribution in [2.24, 2.45) is 0 Å². The number of nitrogens with zero attached hydrogens (tertiary/aromatic N) is 2. The summed E-state index contributed by atoms with van der Waals surface area (Å²) in [7, 11) is -3.53. The summed E-state index contributed by atoms with van der Waals surface area (Å²) in [5, 5.41) is 0. The maximum Gasteiger partial charge on any atom is 0.244 e. The molecule has 0 spiro atoms. The molecule has 0 saturated carbocycles. The molecule has 1 aliphatic heterocycles. The van der Waals surface area contributed by atoms with Gasteiger partial charge in [0.2, 0.25) is 10.0 Å². The summed E-state index contributed by atoms with van der Waals surface area (Å²) in [5.74, 6) is 0.535. The molecule has 0 aliphatic carbocycles. The second-order valence-electron chi connectivity index (χ2n) is 5.36. The Hall–Kier alpha value is -1.40. The van der Waals surface area contributed by atoms with Gasteiger partial charge in [0.15, 0.2) is 0 Å². The van der Waals surface area contributed by atoms with Crippen LogP contribution in [0.25, 0.3) is 0 Å². The Morgan fingerprint density at radius 2 is 2.15 bits per heavy atom. The molecule has 1 aromatic heterocycles. The summed E-state index contributed by atoms with van der Waals surface area (Å²) in [6.07, 6.45) is 4.73. The molecule has 20 heavy (non-hydrogen) atoms. The lowest BCUT2D eigenvalue weighted by molar-refractivity contribution is 0.569. The van der Waals surface area contributed by atoms with Gasteiger partial charge in [0.05, 0.1) is 0 Å². The summed E-state index contributed by atoms with van der Waals surface area (Å²) in [6, 6.07) is 3.13. The van der Waals surface area contributed by atoms with Crippen LogP contribution in [0.1, 0.15) is 27.2 Å². The minimum atomic E-state index is -3.53. The van der Waals surface area contributed by atoms with Crippen molar-refractivity contribution in [3.05, 3.63) is 30.0 Å². The molecule has 0 aromatic carbocycles. The Bertz CT molecular complexity index is 609. The average molecular weight is 295 g/mol. The van der Waals surface area contributed by atoms with E-state index >= 15 is 0 Å². The topological polar surface area (TPSA) is 62.3 Å². The van der Waals surface area contributed by atoms with E-state index in [1.165, 1.54) is 5.57 Å². The van der Waals surface area contributed by atoms with Crippen molar-refractivity contribution in [2.45, 2.75) is 38.1 Å². The van der Waals surface area contributed by atoms with Crippen LogP contribution in [0.3, 0.4) is 0 Å². The fourth-order valence-corrected chi connectivity index (χ4v) is 3.72. The SMILES string of the molecule is CC1=CCCN(c2ncccc2S(=O)(=O)NC(C)C)C1. The van der Waals surface area contributed by atoms with E-state index in [2.05, 4.69) is 22.7 Å². The number of nitrogens with one attached hydrogen (secondary N) is 1. The first-order valence-electron chi connectivity index (χ1n) is 6.78. The number of rotatable bonds is 4. The maximum atomic E-state index is 12.4. The van der Waals surface area contributed by atoms with Crippen LogP contribution in [0.2, 0.25) is 0 Å². The van der Waals surface area contributed by atoms with E-state index in [0.717, 1.165) is 19.5 Å². The Morgan fingerprint density at radius 3 is 2.80 bits per heavy atom. The summed E-state index contributed by atoms with van der Waals surface area (Å²) in [4.78, 5) is 6.56. The molecular formula is C14H21N3O2S. The molecule has 1 N–H and O–H groups in total. The smallest absolute Gasteiger partial charge is 0.244 e. The zero-order chi connectivity index (χ0) is 14.8. The third-order valence-corrected chi connectivity index (χ3v) is 4.74. The van der Waals surface area contributed by atoms with Crippen LogP contribution in [0.4, 0.5) is 5.82 Å². The molecule has 0 radical (unpaired) electrons. The second-order valence-corrected chi connectivity index (χ2v) is 7.04. The van der Waals surface area contributed by atoms with Crippen molar-refractivity contribution in [2.75, 3.05) is 18.0 Å². The van der Waals surface area contributed by atoms with E-state index in [4.69, 9.17) is 0 Å². The highest BCUT2D eigenvalue weighted by atomic mass is 32.2. The van der Waals surface area contributed by atoms with E-state index in [1.54, 1.807) is 32.2 Å². The van der Waals surface area contributed by atoms with E-state index in [1.807, 2.05) is 4.90 Å². The van der Waals surface area contributed by atoms with Gasteiger partial charge in [-0.25, -0.2) is 18.1 Å². The summed E-state index contributed by atoms with van der Waals surface area (Å²) in [6.45, 7) is 7.18. The Balaban J connectivity index is 2.39. The van der Waals surface area contributed by atoms with E-state index in [0.29, 0.717) is 5.82 Å². The van der Waals surface area contributed by atoms with Gasteiger partial charge < -0.3 is 4.90 Å². The highest BCUT2D eigenvalue weighted by molar-refractivity contribution is 7.89. The summed E-state index contributed by atoms with van der Waals surface area (Å²) < 4.78 is 27.4. The minimum Gasteiger partial charge on any atom is -0.351 e. The summed E-state index contributed by atoms with van der Waals surface area (Å²) in [5.41, 5.74) is 1.24. The lowest BCUT2D eigenvalue weighted by Gasteiger charge is -2.28. The van der Waals surface area contributed by atoms with Crippen LogP contribution in [0, 0.1) is 0 Å². The van der Waals surface area contributed by atoms with Gasteiger partial charge in [-0.2, -0.15) is 0 Å². The Kier molecular flexibility index (Phi) is 4.45. The maximum absolute atomic E-state index is 12.4. The molecule has 0 saturated heterocycles. The average Bonchev–Trinajstić information content (AvgIpc) is 2.37. The van der Waals surface area contributed by atoms with Gasteiger partial charge in [0.1, 0.15) is 10.7 Å². The predicted octanol–water partition coefficient (Wildman–Crippen LogP) is 1.92. The fourth-order valence-electron chi connectivity index (χ4n) is 2.30. The van der Waals surface area contributed by atoms with E-state index < -0.39 is 10.0 Å². The van der Waals surface area contributed by atoms with Crippen molar-refractivity contribution in [3.8, 4) is 0 Å². The monoisotopic (exact) mass is 295 g/mol. The molecule has 0 unspecified atom stereocenters. The number of pyridine rings is 1. The van der Waals surface area contributed by atoms with Crippen LogP contribution in [0.5, 0.6) is 0 Å². The fraction of sp³-hybridized carbons (Fsp3) is 0.500. The molecule has 0 atom stereocenters. The normalized spacial score (nSPS) is 16.4. The van der Waals surface area contributed by atoms with Crippen LogP contribution in [-0.2, 0) is 10.0 Å². The number of hydrogen-bond donors (Lipinski definition) is 1. The van der Waals surface area contributed by atoms with Crippen molar-refractivity contribution < 1.29 is 8.42 Å². The second kappa shape index (κ2) is 5.93. The van der Waals surface area contributed by atoms with Crippen molar-refractivity contribution in [1.82, 2.24) is 9.71 Å². The molecule has 1 aromatic rings. The molecule has 6 heteroatoms. The van der Waals surface area contributed by atoms with Crippen molar-refractivity contribution >= 4 is 15.8 Å². The summed E-state index contributed by atoms with van der Waals surface area (Å²) >= 11 is 0. The van der Waals surface area contributed by atoms with Crippen LogP contribution >= 0.6 is 0 Å². The van der Waals surface area contributed by atoms with E-state index in [9.17, 15) is 8.42 Å². The van der Waals surface area contributed by atoms with Crippen molar-refractivity contribution in [3.63, 3.8) is 0 Å². The highest BCUT2D eigenvalue weighted by Crippen LogP contribution is 2.25. The van der Waals surface area contributed by atoms with Crippen molar-refractivity contribution in [1.29, 1.82) is 0 Å². The van der Waals surface area contributed by atoms with Gasteiger partial charge in [-0.3, -0.25) is 0 Å². The van der Waals surface area contributed by atoms with Crippen LogP contribution < -0.4 is 9.62 Å². The minimum absolute atomic E-state index is 0.143. The Labute approximate surface area is 120 Å². The third-order valence-electron chi connectivity index (χ3n) is 3.06. The molecule has 110 valence electrons. The predicted molar refractivity (Wildman–Crippen MR) is 80.3 cm³/mol. The zero-order valence-electron chi connectivity index (χ0n) is 12.1. The van der Waals surface area contributed by atoms with Gasteiger partial charge >= 0.3 is 0 Å². The van der Waals surface area contributed by atoms with Gasteiger partial charge in [-0.05, 0) is 39.3 Å². The molecule has 0 bridgehead atoms. The third kappa shape index (κ3) is 3.37. The van der Waals surface area contributed by atoms with Gasteiger partial charge in [-0.15, -0.1) is 0 Å². The van der Waals surface area contributed by atoms with Gasteiger partial charge in [0.25, 0.3) is 0 Å². The van der Waals surface area contributed by atoms with Crippen LogP contribution in [-0.4, -0.2) is 32.5 Å². The molecule has 0 fully saturated rings. The highest BCUT2D eigenvalue weighted by Gasteiger charge is 2.24. The standard InChI is InChI=1S/C14H21N3O2S/c1-11(2)16-20(18,19)13-7-4-8-15-14(13)17-9-5-6-12(3)10-17/h4,6-8,11,16H,5,9-10H2,1-3H3. The largest absolute Gasteiger partial charge is 0.351 e. The van der Waals surface area contributed by atoms with Gasteiger partial charge in [-0.1, -0.05) is 11.6 Å².